The number of carbonyl (C=O) groups is 2. The standard InChI is InChI=1S/C17H15ClFNO3S/c18-12-5-7-13(8-6-12)24-10-9-20-16(21)11-23-17(22)14-3-1-2-4-15(14)19/h1-8H,9-11H2,(H,20,21). The summed E-state index contributed by atoms with van der Waals surface area (Å²) in [5, 5.41) is 3.30. The number of esters is 1. The number of hydrogen-bond acceptors (Lipinski definition) is 4. The lowest BCUT2D eigenvalue weighted by atomic mass is 10.2. The van der Waals surface area contributed by atoms with Gasteiger partial charge in [-0.05, 0) is 36.4 Å². The minimum atomic E-state index is -0.862. The summed E-state index contributed by atoms with van der Waals surface area (Å²) >= 11 is 7.36. The van der Waals surface area contributed by atoms with Gasteiger partial charge in [0.15, 0.2) is 6.61 Å². The molecule has 1 amide bonds. The molecule has 0 aliphatic rings. The van der Waals surface area contributed by atoms with Gasteiger partial charge in [0, 0.05) is 22.2 Å². The second kappa shape index (κ2) is 9.30. The molecule has 0 bridgehead atoms. The summed E-state index contributed by atoms with van der Waals surface area (Å²) in [5.74, 6) is -1.31. The lowest BCUT2D eigenvalue weighted by Gasteiger charge is -2.07. The van der Waals surface area contributed by atoms with Gasteiger partial charge in [-0.1, -0.05) is 23.7 Å². The smallest absolute Gasteiger partial charge is 0.341 e. The van der Waals surface area contributed by atoms with Gasteiger partial charge < -0.3 is 10.1 Å². The SMILES string of the molecule is O=C(COC(=O)c1ccccc1F)NCCSc1ccc(Cl)cc1. The van der Waals surface area contributed by atoms with Crippen LogP contribution in [0.15, 0.2) is 53.4 Å². The Balaban J connectivity index is 1.65. The molecule has 1 N–H and O–H groups in total. The Morgan fingerprint density at radius 1 is 1.12 bits per heavy atom. The van der Waals surface area contributed by atoms with E-state index < -0.39 is 24.3 Å². The molecule has 24 heavy (non-hydrogen) atoms. The van der Waals surface area contributed by atoms with Crippen LogP contribution in [0.4, 0.5) is 4.39 Å². The summed E-state index contributed by atoms with van der Waals surface area (Å²) in [6.45, 7) is -0.0256. The Hall–Kier alpha value is -2.05. The van der Waals surface area contributed by atoms with Crippen LogP contribution < -0.4 is 5.32 Å². The normalized spacial score (nSPS) is 10.2. The molecule has 0 heterocycles. The summed E-state index contributed by atoms with van der Waals surface area (Å²) in [5.41, 5.74) is -0.191. The molecule has 7 heteroatoms. The number of halogens is 2. The largest absolute Gasteiger partial charge is 0.452 e. The molecule has 0 unspecified atom stereocenters. The van der Waals surface area contributed by atoms with Crippen molar-refractivity contribution in [2.45, 2.75) is 4.90 Å². The average Bonchev–Trinajstić information content (AvgIpc) is 2.58. The van der Waals surface area contributed by atoms with Crippen molar-refractivity contribution in [3.8, 4) is 0 Å². The van der Waals surface area contributed by atoms with Gasteiger partial charge in [-0.15, -0.1) is 11.8 Å². The highest BCUT2D eigenvalue weighted by molar-refractivity contribution is 7.99. The van der Waals surface area contributed by atoms with Crippen LogP contribution >= 0.6 is 23.4 Å². The molecule has 4 nitrogen and oxygen atoms in total. The average molecular weight is 368 g/mol. The van der Waals surface area contributed by atoms with E-state index in [-0.39, 0.29) is 5.56 Å². The van der Waals surface area contributed by atoms with E-state index in [9.17, 15) is 14.0 Å². The fourth-order valence-electron chi connectivity index (χ4n) is 1.78. The van der Waals surface area contributed by atoms with Crippen LogP contribution in [0, 0.1) is 5.82 Å². The Morgan fingerprint density at radius 2 is 1.83 bits per heavy atom. The van der Waals surface area contributed by atoms with E-state index in [0.717, 1.165) is 11.0 Å². The van der Waals surface area contributed by atoms with Gasteiger partial charge >= 0.3 is 5.97 Å². The van der Waals surface area contributed by atoms with Crippen LogP contribution in [0.2, 0.25) is 5.02 Å². The maximum absolute atomic E-state index is 13.4. The second-order valence-corrected chi connectivity index (χ2v) is 6.31. The van der Waals surface area contributed by atoms with Gasteiger partial charge in [0.05, 0.1) is 5.56 Å². The second-order valence-electron chi connectivity index (χ2n) is 4.71. The van der Waals surface area contributed by atoms with Crippen molar-refractivity contribution in [2.75, 3.05) is 18.9 Å². The molecule has 2 aromatic carbocycles. The number of rotatable bonds is 7. The Labute approximate surface area is 148 Å². The van der Waals surface area contributed by atoms with Crippen molar-refractivity contribution in [2.24, 2.45) is 0 Å². The maximum atomic E-state index is 13.4. The molecule has 126 valence electrons. The van der Waals surface area contributed by atoms with Crippen molar-refractivity contribution in [3.05, 3.63) is 64.9 Å². The van der Waals surface area contributed by atoms with Crippen LogP contribution in [0.3, 0.4) is 0 Å². The zero-order valence-corrected chi connectivity index (χ0v) is 14.2. The molecular formula is C17H15ClFNO3S. The Morgan fingerprint density at radius 3 is 2.54 bits per heavy atom. The van der Waals surface area contributed by atoms with Gasteiger partial charge in [0.1, 0.15) is 5.82 Å². The first kappa shape index (κ1) is 18.3. The number of nitrogens with one attached hydrogen (secondary N) is 1. The highest BCUT2D eigenvalue weighted by Crippen LogP contribution is 2.19. The van der Waals surface area contributed by atoms with Gasteiger partial charge in [-0.3, -0.25) is 4.79 Å². The first-order valence-electron chi connectivity index (χ1n) is 7.13. The minimum absolute atomic E-state index is 0.191. The number of hydrogen-bond donors (Lipinski definition) is 1. The molecule has 0 aliphatic heterocycles. The third kappa shape index (κ3) is 5.86. The quantitative estimate of drug-likeness (QED) is 0.462. The number of carbonyl (C=O) groups excluding carboxylic acids is 2. The van der Waals surface area contributed by atoms with E-state index in [1.54, 1.807) is 23.9 Å². The van der Waals surface area contributed by atoms with E-state index in [1.165, 1.54) is 18.2 Å². The monoisotopic (exact) mass is 367 g/mol. The Bertz CT molecular complexity index is 709. The van der Waals surface area contributed by atoms with Crippen LogP contribution in [-0.4, -0.2) is 30.8 Å². The van der Waals surface area contributed by atoms with Crippen molar-refractivity contribution in [1.29, 1.82) is 0 Å². The minimum Gasteiger partial charge on any atom is -0.452 e. The summed E-state index contributed by atoms with van der Waals surface area (Å²) in [7, 11) is 0. The molecule has 0 radical (unpaired) electrons. The zero-order chi connectivity index (χ0) is 17.4. The number of ether oxygens (including phenoxy) is 1. The van der Waals surface area contributed by atoms with Gasteiger partial charge in [0.25, 0.3) is 5.91 Å². The van der Waals surface area contributed by atoms with Crippen molar-refractivity contribution in [1.82, 2.24) is 5.32 Å². The number of amides is 1. The summed E-state index contributed by atoms with van der Waals surface area (Å²) in [6, 6.07) is 12.8. The van der Waals surface area contributed by atoms with Gasteiger partial charge in [-0.2, -0.15) is 0 Å². The molecule has 0 spiro atoms. The fraction of sp³-hybridized carbons (Fsp3) is 0.176. The predicted octanol–water partition coefficient (Wildman–Crippen LogP) is 3.54. The topological polar surface area (TPSA) is 55.4 Å². The summed E-state index contributed by atoms with van der Waals surface area (Å²) in [4.78, 5) is 24.3. The molecule has 0 fully saturated rings. The maximum Gasteiger partial charge on any atom is 0.341 e. The first-order chi connectivity index (χ1) is 11.6. The zero-order valence-electron chi connectivity index (χ0n) is 12.6. The summed E-state index contributed by atoms with van der Waals surface area (Å²) < 4.78 is 18.2. The molecule has 0 aromatic heterocycles. The van der Waals surface area contributed by atoms with Crippen LogP contribution in [0.1, 0.15) is 10.4 Å². The fourth-order valence-corrected chi connectivity index (χ4v) is 2.67. The van der Waals surface area contributed by atoms with Crippen molar-refractivity contribution in [3.63, 3.8) is 0 Å². The van der Waals surface area contributed by atoms with Crippen molar-refractivity contribution >= 4 is 35.2 Å². The highest BCUT2D eigenvalue weighted by atomic mass is 35.5. The molecule has 2 aromatic rings. The van der Waals surface area contributed by atoms with Crippen LogP contribution in [0.5, 0.6) is 0 Å². The van der Waals surface area contributed by atoms with E-state index in [1.807, 2.05) is 12.1 Å². The Kier molecular flexibility index (Phi) is 7.08. The lowest BCUT2D eigenvalue weighted by Crippen LogP contribution is -2.30. The van der Waals surface area contributed by atoms with Crippen LogP contribution in [-0.2, 0) is 9.53 Å². The molecule has 0 aliphatic carbocycles. The lowest BCUT2D eigenvalue weighted by molar-refractivity contribution is -0.124. The van der Waals surface area contributed by atoms with Gasteiger partial charge in [-0.25, -0.2) is 9.18 Å². The molecular weight excluding hydrogens is 353 g/mol. The molecule has 0 saturated carbocycles. The van der Waals surface area contributed by atoms with E-state index >= 15 is 0 Å². The predicted molar refractivity (Wildman–Crippen MR) is 91.9 cm³/mol. The van der Waals surface area contributed by atoms with Crippen molar-refractivity contribution < 1.29 is 18.7 Å². The molecule has 0 saturated heterocycles. The molecule has 2 rings (SSSR count). The first-order valence-corrected chi connectivity index (χ1v) is 8.49. The third-order valence-electron chi connectivity index (χ3n) is 2.93. The van der Waals surface area contributed by atoms with E-state index in [4.69, 9.17) is 16.3 Å². The van der Waals surface area contributed by atoms with Crippen LogP contribution in [0.25, 0.3) is 0 Å². The van der Waals surface area contributed by atoms with E-state index in [2.05, 4.69) is 5.32 Å². The molecule has 0 atom stereocenters. The van der Waals surface area contributed by atoms with Gasteiger partial charge in [0.2, 0.25) is 0 Å². The number of thioether (sulfide) groups is 1. The van der Waals surface area contributed by atoms with E-state index in [0.29, 0.717) is 17.3 Å². The summed E-state index contributed by atoms with van der Waals surface area (Å²) in [6.07, 6.45) is 0. The number of benzene rings is 2. The highest BCUT2D eigenvalue weighted by Gasteiger charge is 2.13. The third-order valence-corrected chi connectivity index (χ3v) is 4.20.